The Morgan fingerprint density at radius 1 is 1.15 bits per heavy atom. The fourth-order valence-electron chi connectivity index (χ4n) is 2.94. The molecule has 1 aliphatic heterocycles. The second kappa shape index (κ2) is 7.50. The van der Waals surface area contributed by atoms with Gasteiger partial charge in [-0.05, 0) is 39.1 Å². The van der Waals surface area contributed by atoms with E-state index in [0.717, 1.165) is 37.6 Å². The molecule has 1 saturated heterocycles. The van der Waals surface area contributed by atoms with Crippen LogP contribution in [-0.4, -0.2) is 54.0 Å². The molecule has 1 aromatic carbocycles. The second-order valence-corrected chi connectivity index (χ2v) is 6.51. The number of nitrogens with one attached hydrogen (secondary N) is 1. The van der Waals surface area contributed by atoms with Gasteiger partial charge in [-0.1, -0.05) is 6.07 Å². The van der Waals surface area contributed by atoms with Crippen molar-refractivity contribution in [3.8, 4) is 6.07 Å². The fraction of sp³-hybridized carbons (Fsp3) is 0.368. The van der Waals surface area contributed by atoms with E-state index in [-0.39, 0.29) is 5.91 Å². The summed E-state index contributed by atoms with van der Waals surface area (Å²) in [6.45, 7) is 7.49. The Balaban J connectivity index is 1.80. The Hall–Kier alpha value is -2.98. The van der Waals surface area contributed by atoms with Gasteiger partial charge in [-0.15, -0.1) is 0 Å². The summed E-state index contributed by atoms with van der Waals surface area (Å²) in [6, 6.07) is 8.65. The summed E-state index contributed by atoms with van der Waals surface area (Å²) in [4.78, 5) is 26.1. The van der Waals surface area contributed by atoms with Crippen LogP contribution in [0.2, 0.25) is 0 Å². The maximum atomic E-state index is 12.5. The molecule has 2 aromatic rings. The summed E-state index contributed by atoms with van der Waals surface area (Å²) >= 11 is 0. The first-order valence-corrected chi connectivity index (χ1v) is 8.58. The predicted molar refractivity (Wildman–Crippen MR) is 100 cm³/mol. The van der Waals surface area contributed by atoms with Crippen molar-refractivity contribution in [3.05, 3.63) is 46.8 Å². The summed E-state index contributed by atoms with van der Waals surface area (Å²) in [7, 11) is 2.11. The number of benzene rings is 1. The molecule has 0 aliphatic carbocycles. The highest BCUT2D eigenvalue weighted by Gasteiger charge is 2.19. The van der Waals surface area contributed by atoms with Crippen molar-refractivity contribution in [3.63, 3.8) is 0 Å². The lowest BCUT2D eigenvalue weighted by Gasteiger charge is -2.32. The lowest BCUT2D eigenvalue weighted by Crippen LogP contribution is -2.45. The number of carbonyl (C=O) groups excluding carboxylic acids is 1. The van der Waals surface area contributed by atoms with E-state index in [4.69, 9.17) is 5.26 Å². The SMILES string of the molecule is Cc1nc(N2CCN(C)CC2)nc(C)c1NC(=O)c1cccc(C#N)c1. The van der Waals surface area contributed by atoms with Gasteiger partial charge in [0, 0.05) is 31.7 Å². The minimum Gasteiger partial charge on any atom is -0.338 e. The predicted octanol–water partition coefficient (Wildman–Crippen LogP) is 1.97. The van der Waals surface area contributed by atoms with Crippen LogP contribution in [0.15, 0.2) is 24.3 Å². The van der Waals surface area contributed by atoms with Crippen molar-refractivity contribution in [2.45, 2.75) is 13.8 Å². The average molecular weight is 350 g/mol. The van der Waals surface area contributed by atoms with Gasteiger partial charge in [0.15, 0.2) is 0 Å². The molecular formula is C19H22N6O. The first-order chi connectivity index (χ1) is 12.5. The third-order valence-electron chi connectivity index (χ3n) is 4.54. The number of aryl methyl sites for hydroxylation is 2. The zero-order valence-corrected chi connectivity index (χ0v) is 15.3. The third kappa shape index (κ3) is 3.81. The summed E-state index contributed by atoms with van der Waals surface area (Å²) in [5.74, 6) is 0.432. The van der Waals surface area contributed by atoms with Crippen molar-refractivity contribution in [1.82, 2.24) is 14.9 Å². The molecule has 1 aromatic heterocycles. The van der Waals surface area contributed by atoms with E-state index in [9.17, 15) is 4.79 Å². The maximum absolute atomic E-state index is 12.5. The van der Waals surface area contributed by atoms with E-state index >= 15 is 0 Å². The second-order valence-electron chi connectivity index (χ2n) is 6.51. The zero-order valence-electron chi connectivity index (χ0n) is 15.3. The van der Waals surface area contributed by atoms with E-state index in [1.165, 1.54) is 0 Å². The highest BCUT2D eigenvalue weighted by Crippen LogP contribution is 2.22. The van der Waals surface area contributed by atoms with Gasteiger partial charge in [0.2, 0.25) is 5.95 Å². The molecule has 1 fully saturated rings. The topological polar surface area (TPSA) is 85.2 Å². The van der Waals surface area contributed by atoms with E-state index in [1.54, 1.807) is 24.3 Å². The molecule has 0 radical (unpaired) electrons. The van der Waals surface area contributed by atoms with Crippen molar-refractivity contribution >= 4 is 17.5 Å². The van der Waals surface area contributed by atoms with Crippen LogP contribution in [0, 0.1) is 25.2 Å². The molecule has 0 spiro atoms. The molecule has 3 rings (SSSR count). The van der Waals surface area contributed by atoms with Gasteiger partial charge < -0.3 is 15.1 Å². The first-order valence-electron chi connectivity index (χ1n) is 8.58. The van der Waals surface area contributed by atoms with Gasteiger partial charge in [-0.3, -0.25) is 4.79 Å². The Morgan fingerprint density at radius 2 is 1.81 bits per heavy atom. The molecule has 2 heterocycles. The smallest absolute Gasteiger partial charge is 0.255 e. The largest absolute Gasteiger partial charge is 0.338 e. The fourth-order valence-corrected chi connectivity index (χ4v) is 2.94. The maximum Gasteiger partial charge on any atom is 0.255 e. The number of aromatic nitrogens is 2. The number of piperazine rings is 1. The number of anilines is 2. The van der Waals surface area contributed by atoms with Crippen LogP contribution in [0.4, 0.5) is 11.6 Å². The number of hydrogen-bond donors (Lipinski definition) is 1. The molecule has 0 unspecified atom stereocenters. The van der Waals surface area contributed by atoms with Crippen LogP contribution in [-0.2, 0) is 0 Å². The van der Waals surface area contributed by atoms with Gasteiger partial charge >= 0.3 is 0 Å². The van der Waals surface area contributed by atoms with Crippen LogP contribution < -0.4 is 10.2 Å². The van der Waals surface area contributed by atoms with Crippen LogP contribution in [0.5, 0.6) is 0 Å². The molecule has 1 amide bonds. The normalized spacial score (nSPS) is 14.8. The van der Waals surface area contributed by atoms with E-state index in [2.05, 4.69) is 32.1 Å². The number of nitrogens with zero attached hydrogens (tertiary/aromatic N) is 5. The van der Waals surface area contributed by atoms with Gasteiger partial charge in [-0.25, -0.2) is 9.97 Å². The molecule has 26 heavy (non-hydrogen) atoms. The minimum absolute atomic E-state index is 0.274. The Kier molecular flexibility index (Phi) is 5.14. The van der Waals surface area contributed by atoms with E-state index in [1.807, 2.05) is 19.9 Å². The number of likely N-dealkylation sites (N-methyl/N-ethyl adjacent to an activating group) is 1. The van der Waals surface area contributed by atoms with Crippen LogP contribution in [0.3, 0.4) is 0 Å². The van der Waals surface area contributed by atoms with Crippen molar-refractivity contribution in [2.24, 2.45) is 0 Å². The first kappa shape index (κ1) is 17.8. The van der Waals surface area contributed by atoms with E-state index < -0.39 is 0 Å². The molecule has 1 N–H and O–H groups in total. The minimum atomic E-state index is -0.274. The molecule has 1 aliphatic rings. The monoisotopic (exact) mass is 350 g/mol. The van der Waals surface area contributed by atoms with Crippen molar-refractivity contribution in [1.29, 1.82) is 5.26 Å². The van der Waals surface area contributed by atoms with Crippen LogP contribution in [0.25, 0.3) is 0 Å². The number of carbonyl (C=O) groups is 1. The molecule has 7 nitrogen and oxygen atoms in total. The lowest BCUT2D eigenvalue weighted by atomic mass is 10.1. The van der Waals surface area contributed by atoms with Gasteiger partial charge in [0.1, 0.15) is 0 Å². The summed E-state index contributed by atoms with van der Waals surface area (Å²) < 4.78 is 0. The summed E-state index contributed by atoms with van der Waals surface area (Å²) in [5, 5.41) is 11.9. The van der Waals surface area contributed by atoms with Crippen LogP contribution >= 0.6 is 0 Å². The number of nitriles is 1. The number of amides is 1. The van der Waals surface area contributed by atoms with Crippen molar-refractivity contribution < 1.29 is 4.79 Å². The Morgan fingerprint density at radius 3 is 2.42 bits per heavy atom. The number of rotatable bonds is 3. The third-order valence-corrected chi connectivity index (χ3v) is 4.54. The van der Waals surface area contributed by atoms with Gasteiger partial charge in [0.05, 0.1) is 28.7 Å². The van der Waals surface area contributed by atoms with Crippen molar-refractivity contribution in [2.75, 3.05) is 43.4 Å². The molecule has 0 bridgehead atoms. The lowest BCUT2D eigenvalue weighted by molar-refractivity contribution is 0.102. The highest BCUT2D eigenvalue weighted by atomic mass is 16.1. The Bertz CT molecular complexity index is 842. The van der Waals surface area contributed by atoms with Gasteiger partial charge in [0.25, 0.3) is 5.91 Å². The van der Waals surface area contributed by atoms with Gasteiger partial charge in [-0.2, -0.15) is 5.26 Å². The Labute approximate surface area is 153 Å². The summed E-state index contributed by atoms with van der Waals surface area (Å²) in [5.41, 5.74) is 2.97. The van der Waals surface area contributed by atoms with E-state index in [0.29, 0.717) is 22.8 Å². The highest BCUT2D eigenvalue weighted by molar-refractivity contribution is 6.05. The molecule has 7 heteroatoms. The zero-order chi connectivity index (χ0) is 18.7. The molecule has 0 atom stereocenters. The number of hydrogen-bond acceptors (Lipinski definition) is 6. The molecular weight excluding hydrogens is 328 g/mol. The molecule has 0 saturated carbocycles. The average Bonchev–Trinajstić information content (AvgIpc) is 2.65. The molecule has 134 valence electrons. The van der Waals surface area contributed by atoms with Crippen LogP contribution in [0.1, 0.15) is 27.3 Å². The quantitative estimate of drug-likeness (QED) is 0.911. The standard InChI is InChI=1S/C19H22N6O/c1-13-17(23-18(26)16-6-4-5-15(11-16)12-20)14(2)22-19(21-13)25-9-7-24(3)8-10-25/h4-6,11H,7-10H2,1-3H3,(H,23,26). The summed E-state index contributed by atoms with van der Waals surface area (Å²) in [6.07, 6.45) is 0.